The Morgan fingerprint density at radius 1 is 0.840 bits per heavy atom. The Morgan fingerprint density at radius 2 is 1.16 bits per heavy atom. The molecule has 1 rings (SSSR count). The average molecular weight is 354 g/mol. The minimum absolute atomic E-state index is 0.190. The molecule has 0 atom stereocenters. The summed E-state index contributed by atoms with van der Waals surface area (Å²) in [4.78, 5) is 23.8. The molecular formula is C17H30N4O4. The highest BCUT2D eigenvalue weighted by Gasteiger charge is 2.20. The Labute approximate surface area is 149 Å². The molecule has 2 amide bonds. The zero-order valence-corrected chi connectivity index (χ0v) is 15.5. The summed E-state index contributed by atoms with van der Waals surface area (Å²) in [7, 11) is 0. The second kappa shape index (κ2) is 13.0. The number of rotatable bonds is 8. The Morgan fingerprint density at radius 3 is 1.40 bits per heavy atom. The zero-order chi connectivity index (χ0) is 19.2. The van der Waals surface area contributed by atoms with Crippen molar-refractivity contribution in [2.45, 2.75) is 47.0 Å². The van der Waals surface area contributed by atoms with Crippen LogP contribution in [0, 0.1) is 0 Å². The SMILES string of the molecule is CCC.CCCOc1cc(C(=O)NN)c(OCCC)cc1C(=O)NN. The number of ether oxygens (including phenoxy) is 2. The fourth-order valence-electron chi connectivity index (χ4n) is 1.73. The van der Waals surface area contributed by atoms with Gasteiger partial charge in [0.15, 0.2) is 0 Å². The van der Waals surface area contributed by atoms with Gasteiger partial charge >= 0.3 is 0 Å². The van der Waals surface area contributed by atoms with Crippen molar-refractivity contribution < 1.29 is 19.1 Å². The molecule has 25 heavy (non-hydrogen) atoms. The molecule has 0 aliphatic carbocycles. The number of nitrogen functional groups attached to an aromatic ring is 2. The smallest absolute Gasteiger partial charge is 0.269 e. The molecular weight excluding hydrogens is 324 g/mol. The number of carbonyl (C=O) groups is 2. The molecule has 0 bridgehead atoms. The van der Waals surface area contributed by atoms with Crippen molar-refractivity contribution in [2.75, 3.05) is 13.2 Å². The van der Waals surface area contributed by atoms with Crippen LogP contribution in [0.1, 0.15) is 67.7 Å². The average Bonchev–Trinajstić information content (AvgIpc) is 2.63. The molecule has 1 aromatic carbocycles. The normalized spacial score (nSPS) is 9.52. The molecule has 0 fully saturated rings. The number of benzene rings is 1. The monoisotopic (exact) mass is 354 g/mol. The molecule has 0 unspecified atom stereocenters. The van der Waals surface area contributed by atoms with Crippen LogP contribution >= 0.6 is 0 Å². The number of amides is 2. The van der Waals surface area contributed by atoms with Gasteiger partial charge in [-0.2, -0.15) is 0 Å². The van der Waals surface area contributed by atoms with Crippen LogP contribution in [0.3, 0.4) is 0 Å². The Balaban J connectivity index is 0.00000178. The first-order chi connectivity index (χ1) is 12.0. The van der Waals surface area contributed by atoms with Crippen LogP contribution in [0.2, 0.25) is 0 Å². The molecule has 0 aromatic heterocycles. The van der Waals surface area contributed by atoms with Gasteiger partial charge in [-0.25, -0.2) is 11.7 Å². The molecule has 0 saturated heterocycles. The van der Waals surface area contributed by atoms with Crippen molar-refractivity contribution in [3.63, 3.8) is 0 Å². The number of hydrazine groups is 2. The highest BCUT2D eigenvalue weighted by atomic mass is 16.5. The fraction of sp³-hybridized carbons (Fsp3) is 0.529. The second-order valence-electron chi connectivity index (χ2n) is 5.20. The molecule has 0 heterocycles. The molecule has 8 nitrogen and oxygen atoms in total. The van der Waals surface area contributed by atoms with Gasteiger partial charge in [-0.3, -0.25) is 20.4 Å². The van der Waals surface area contributed by atoms with E-state index in [2.05, 4.69) is 13.8 Å². The van der Waals surface area contributed by atoms with Gasteiger partial charge in [0.25, 0.3) is 11.8 Å². The van der Waals surface area contributed by atoms with Crippen molar-refractivity contribution in [1.82, 2.24) is 10.9 Å². The number of nitrogens with one attached hydrogen (secondary N) is 2. The van der Waals surface area contributed by atoms with E-state index in [0.29, 0.717) is 13.2 Å². The molecule has 0 aliphatic heterocycles. The molecule has 1 aromatic rings. The lowest BCUT2D eigenvalue weighted by Gasteiger charge is -2.16. The van der Waals surface area contributed by atoms with Crippen LogP contribution in [0.15, 0.2) is 12.1 Å². The van der Waals surface area contributed by atoms with Crippen molar-refractivity contribution >= 4 is 11.8 Å². The third kappa shape index (κ3) is 7.40. The third-order valence-corrected chi connectivity index (χ3v) is 2.76. The van der Waals surface area contributed by atoms with E-state index < -0.39 is 11.8 Å². The molecule has 0 radical (unpaired) electrons. The molecule has 0 aliphatic rings. The van der Waals surface area contributed by atoms with Gasteiger partial charge in [0.2, 0.25) is 0 Å². The quantitative estimate of drug-likeness (QED) is 0.320. The van der Waals surface area contributed by atoms with E-state index in [9.17, 15) is 9.59 Å². The van der Waals surface area contributed by atoms with Crippen LogP contribution in [0.4, 0.5) is 0 Å². The van der Waals surface area contributed by atoms with Crippen molar-refractivity contribution in [3.05, 3.63) is 23.3 Å². The molecule has 142 valence electrons. The maximum atomic E-state index is 11.9. The largest absolute Gasteiger partial charge is 0.493 e. The minimum atomic E-state index is -0.535. The highest BCUT2D eigenvalue weighted by Crippen LogP contribution is 2.29. The van der Waals surface area contributed by atoms with Gasteiger partial charge in [-0.15, -0.1) is 0 Å². The van der Waals surface area contributed by atoms with E-state index in [-0.39, 0.29) is 22.6 Å². The lowest BCUT2D eigenvalue weighted by Crippen LogP contribution is -2.32. The van der Waals surface area contributed by atoms with E-state index in [1.807, 2.05) is 24.7 Å². The Hall–Kier alpha value is -2.32. The number of carbonyl (C=O) groups excluding carboxylic acids is 2. The van der Waals surface area contributed by atoms with Gasteiger partial charge in [-0.05, 0) is 25.0 Å². The molecule has 6 N–H and O–H groups in total. The fourth-order valence-corrected chi connectivity index (χ4v) is 1.73. The summed E-state index contributed by atoms with van der Waals surface area (Å²) in [5.41, 5.74) is 4.47. The number of nitrogens with two attached hydrogens (primary N) is 2. The molecule has 0 spiro atoms. The minimum Gasteiger partial charge on any atom is -0.493 e. The van der Waals surface area contributed by atoms with Crippen LogP contribution in [0.25, 0.3) is 0 Å². The third-order valence-electron chi connectivity index (χ3n) is 2.76. The first-order valence-corrected chi connectivity index (χ1v) is 8.45. The summed E-state index contributed by atoms with van der Waals surface area (Å²) >= 11 is 0. The number of hydrogen-bond acceptors (Lipinski definition) is 6. The zero-order valence-electron chi connectivity index (χ0n) is 15.5. The topological polar surface area (TPSA) is 129 Å². The lowest BCUT2D eigenvalue weighted by atomic mass is 10.1. The highest BCUT2D eigenvalue weighted by molar-refractivity contribution is 6.02. The second-order valence-corrected chi connectivity index (χ2v) is 5.20. The maximum absolute atomic E-state index is 11.9. The van der Waals surface area contributed by atoms with Gasteiger partial charge < -0.3 is 9.47 Å². The lowest BCUT2D eigenvalue weighted by molar-refractivity contribution is 0.0934. The van der Waals surface area contributed by atoms with Crippen LogP contribution in [-0.2, 0) is 0 Å². The van der Waals surface area contributed by atoms with Crippen molar-refractivity contribution in [2.24, 2.45) is 11.7 Å². The Kier molecular flexibility index (Phi) is 11.8. The van der Waals surface area contributed by atoms with E-state index in [4.69, 9.17) is 21.2 Å². The first-order valence-electron chi connectivity index (χ1n) is 8.45. The van der Waals surface area contributed by atoms with Crippen LogP contribution < -0.4 is 32.0 Å². The summed E-state index contributed by atoms with van der Waals surface area (Å²) in [6.45, 7) is 8.89. The first kappa shape index (κ1) is 22.7. The Bertz CT molecular complexity index is 502. The van der Waals surface area contributed by atoms with Crippen molar-refractivity contribution in [1.29, 1.82) is 0 Å². The van der Waals surface area contributed by atoms with Crippen molar-refractivity contribution in [3.8, 4) is 11.5 Å². The van der Waals surface area contributed by atoms with Gasteiger partial charge in [0.05, 0.1) is 24.3 Å². The molecule has 8 heteroatoms. The van der Waals surface area contributed by atoms with E-state index in [1.165, 1.54) is 18.6 Å². The number of hydrogen-bond donors (Lipinski definition) is 4. The van der Waals surface area contributed by atoms with Gasteiger partial charge in [0.1, 0.15) is 11.5 Å². The predicted octanol–water partition coefficient (Wildman–Crippen LogP) is 1.89. The van der Waals surface area contributed by atoms with E-state index in [0.717, 1.165) is 12.8 Å². The van der Waals surface area contributed by atoms with Crippen LogP contribution in [-0.4, -0.2) is 25.0 Å². The standard InChI is InChI=1S/C14H22N4O4.C3H8/c1-3-5-21-11-7-10(14(20)18-16)12(22-6-4-2)8-9(11)13(19)17-15;1-3-2/h7-8H,3-6,15-16H2,1-2H3,(H,17,19)(H,18,20);3H2,1-2H3. The van der Waals surface area contributed by atoms with E-state index >= 15 is 0 Å². The van der Waals surface area contributed by atoms with Crippen LogP contribution in [0.5, 0.6) is 11.5 Å². The predicted molar refractivity (Wildman–Crippen MR) is 97.3 cm³/mol. The summed E-state index contributed by atoms with van der Waals surface area (Å²) in [6.07, 6.45) is 2.74. The molecule has 0 saturated carbocycles. The maximum Gasteiger partial charge on any atom is 0.269 e. The summed E-state index contributed by atoms with van der Waals surface area (Å²) in [5.74, 6) is 9.78. The summed E-state index contributed by atoms with van der Waals surface area (Å²) < 4.78 is 11.0. The van der Waals surface area contributed by atoms with Gasteiger partial charge in [0, 0.05) is 0 Å². The summed E-state index contributed by atoms with van der Waals surface area (Å²) in [6, 6.07) is 2.85. The van der Waals surface area contributed by atoms with E-state index in [1.54, 1.807) is 0 Å². The summed E-state index contributed by atoms with van der Waals surface area (Å²) in [5, 5.41) is 0. The van der Waals surface area contributed by atoms with Gasteiger partial charge in [-0.1, -0.05) is 34.1 Å².